The van der Waals surface area contributed by atoms with Gasteiger partial charge in [0.1, 0.15) is 0 Å². The Balaban J connectivity index is 2.47. The van der Waals surface area contributed by atoms with Crippen molar-refractivity contribution in [1.29, 1.82) is 0 Å². The second-order valence-corrected chi connectivity index (χ2v) is 6.80. The molecule has 0 aliphatic carbocycles. The zero-order valence-corrected chi connectivity index (χ0v) is 15.5. The topological polar surface area (TPSA) is 0 Å². The number of hydrogen-bond acceptors (Lipinski definition) is 0. The van der Waals surface area contributed by atoms with E-state index in [1.54, 1.807) is 13.8 Å². The van der Waals surface area contributed by atoms with Crippen LogP contribution in [0.2, 0.25) is 5.02 Å². The summed E-state index contributed by atoms with van der Waals surface area (Å²) in [6, 6.07) is 6.12. The number of allylic oxidation sites excluding steroid dienone is 1. The van der Waals surface area contributed by atoms with Crippen LogP contribution in [0.15, 0.2) is 36.4 Å². The van der Waals surface area contributed by atoms with E-state index in [0.29, 0.717) is 16.1 Å². The van der Waals surface area contributed by atoms with Crippen molar-refractivity contribution in [2.45, 2.75) is 39.0 Å². The molecule has 0 saturated heterocycles. The Hall–Kier alpha value is -1.95. The van der Waals surface area contributed by atoms with E-state index in [4.69, 9.17) is 11.6 Å². The molecule has 2 rings (SSSR count). The van der Waals surface area contributed by atoms with E-state index < -0.39 is 23.8 Å². The first-order valence-electron chi connectivity index (χ1n) is 8.00. The Kier molecular flexibility index (Phi) is 6.00. The molecule has 0 aromatic heterocycles. The third-order valence-corrected chi connectivity index (χ3v) is 4.81. The zero-order chi connectivity index (χ0) is 20.6. The SMILES string of the molecule is Cc1ccc(/C=C/C(c2cc(C)c(Cl)c(C)c2)C(F)(F)F)cc1C(F)(F)F. The quantitative estimate of drug-likeness (QED) is 0.459. The summed E-state index contributed by atoms with van der Waals surface area (Å²) in [6.45, 7) is 4.51. The smallest absolute Gasteiger partial charge is 0.170 e. The summed E-state index contributed by atoms with van der Waals surface area (Å²) in [5.41, 5.74) is 0.182. The molecule has 7 heteroatoms. The molecular weight excluding hydrogens is 390 g/mol. The predicted molar refractivity (Wildman–Crippen MR) is 94.9 cm³/mol. The van der Waals surface area contributed by atoms with Gasteiger partial charge in [-0.15, -0.1) is 0 Å². The van der Waals surface area contributed by atoms with Crippen LogP contribution in [-0.2, 0) is 6.18 Å². The van der Waals surface area contributed by atoms with E-state index >= 15 is 0 Å². The van der Waals surface area contributed by atoms with Crippen molar-refractivity contribution in [1.82, 2.24) is 0 Å². The lowest BCUT2D eigenvalue weighted by molar-refractivity contribution is -0.139. The first-order chi connectivity index (χ1) is 12.3. The van der Waals surface area contributed by atoms with Crippen molar-refractivity contribution in [3.05, 3.63) is 74.8 Å². The van der Waals surface area contributed by atoms with Crippen molar-refractivity contribution in [2.75, 3.05) is 0 Å². The van der Waals surface area contributed by atoms with E-state index in [-0.39, 0.29) is 16.7 Å². The Morgan fingerprint density at radius 2 is 1.41 bits per heavy atom. The van der Waals surface area contributed by atoms with Gasteiger partial charge in [-0.3, -0.25) is 0 Å². The molecule has 0 aliphatic rings. The molecule has 2 aromatic rings. The maximum absolute atomic E-state index is 13.5. The number of benzene rings is 2. The summed E-state index contributed by atoms with van der Waals surface area (Å²) in [5, 5.41) is 0.386. The number of rotatable bonds is 3. The Bertz CT molecular complexity index is 839. The molecule has 1 unspecified atom stereocenters. The van der Waals surface area contributed by atoms with Crippen LogP contribution in [0.4, 0.5) is 26.3 Å². The lowest BCUT2D eigenvalue weighted by Gasteiger charge is -2.19. The van der Waals surface area contributed by atoms with Crippen LogP contribution < -0.4 is 0 Å². The van der Waals surface area contributed by atoms with Gasteiger partial charge in [-0.2, -0.15) is 26.3 Å². The first-order valence-corrected chi connectivity index (χ1v) is 8.38. The molecule has 146 valence electrons. The molecule has 0 bridgehead atoms. The molecule has 0 heterocycles. The second kappa shape index (κ2) is 7.58. The highest BCUT2D eigenvalue weighted by Crippen LogP contribution is 2.39. The highest BCUT2D eigenvalue weighted by atomic mass is 35.5. The molecule has 0 spiro atoms. The maximum atomic E-state index is 13.5. The lowest BCUT2D eigenvalue weighted by atomic mass is 9.93. The minimum atomic E-state index is -4.60. The van der Waals surface area contributed by atoms with Crippen molar-refractivity contribution in [2.24, 2.45) is 0 Å². The second-order valence-electron chi connectivity index (χ2n) is 6.42. The van der Waals surface area contributed by atoms with Crippen molar-refractivity contribution >= 4 is 17.7 Å². The molecule has 0 radical (unpaired) electrons. The monoisotopic (exact) mass is 406 g/mol. The molecule has 0 N–H and O–H groups in total. The van der Waals surface area contributed by atoms with E-state index in [0.717, 1.165) is 18.2 Å². The number of halogens is 7. The van der Waals surface area contributed by atoms with E-state index in [2.05, 4.69) is 0 Å². The number of hydrogen-bond donors (Lipinski definition) is 0. The fourth-order valence-electron chi connectivity index (χ4n) is 2.82. The summed E-state index contributed by atoms with van der Waals surface area (Å²) in [4.78, 5) is 0. The van der Waals surface area contributed by atoms with Crippen LogP contribution in [0, 0.1) is 20.8 Å². The third kappa shape index (κ3) is 5.06. The normalized spacial score (nSPS) is 14.0. The zero-order valence-electron chi connectivity index (χ0n) is 14.8. The summed E-state index contributed by atoms with van der Waals surface area (Å²) in [6.07, 6.45) is -7.23. The standard InChI is InChI=1S/C20H17ClF6/c1-11-4-5-14(10-17(11)20(25,26)27)6-7-16(19(22,23)24)15-8-12(2)18(21)13(3)9-15/h4-10,16H,1-3H3/b7-6+. The molecule has 0 amide bonds. The third-order valence-electron chi connectivity index (χ3n) is 4.22. The van der Waals surface area contributed by atoms with Gasteiger partial charge in [-0.1, -0.05) is 48.0 Å². The highest BCUT2D eigenvalue weighted by Gasteiger charge is 2.39. The van der Waals surface area contributed by atoms with E-state index in [9.17, 15) is 26.3 Å². The average Bonchev–Trinajstić information content (AvgIpc) is 2.51. The van der Waals surface area contributed by atoms with Gasteiger partial charge < -0.3 is 0 Å². The van der Waals surface area contributed by atoms with E-state index in [1.165, 1.54) is 31.2 Å². The Labute approximate surface area is 158 Å². The molecule has 1 atom stereocenters. The van der Waals surface area contributed by atoms with Crippen molar-refractivity contribution < 1.29 is 26.3 Å². The van der Waals surface area contributed by atoms with Gasteiger partial charge in [0.05, 0.1) is 11.5 Å². The molecule has 2 aromatic carbocycles. The van der Waals surface area contributed by atoms with Crippen molar-refractivity contribution in [3.8, 4) is 0 Å². The Morgan fingerprint density at radius 3 is 1.89 bits per heavy atom. The largest absolute Gasteiger partial charge is 0.416 e. The fourth-order valence-corrected chi connectivity index (χ4v) is 2.93. The molecule has 0 fully saturated rings. The van der Waals surface area contributed by atoms with Crippen molar-refractivity contribution in [3.63, 3.8) is 0 Å². The van der Waals surface area contributed by atoms with Gasteiger partial charge >= 0.3 is 12.4 Å². The summed E-state index contributed by atoms with van der Waals surface area (Å²) < 4.78 is 79.6. The number of aryl methyl sites for hydroxylation is 3. The lowest BCUT2D eigenvalue weighted by Crippen LogP contribution is -2.19. The molecule has 0 saturated carbocycles. The van der Waals surface area contributed by atoms with E-state index in [1.807, 2.05) is 0 Å². The number of alkyl halides is 6. The molecule has 27 heavy (non-hydrogen) atoms. The maximum Gasteiger partial charge on any atom is 0.416 e. The fraction of sp³-hybridized carbons (Fsp3) is 0.300. The van der Waals surface area contributed by atoms with Crippen LogP contribution in [0.1, 0.15) is 39.3 Å². The van der Waals surface area contributed by atoms with Gasteiger partial charge in [0.25, 0.3) is 0 Å². The molecule has 0 nitrogen and oxygen atoms in total. The van der Waals surface area contributed by atoms with Gasteiger partial charge in [-0.05, 0) is 54.7 Å². The van der Waals surface area contributed by atoms with Crippen LogP contribution in [0.3, 0.4) is 0 Å². The minimum Gasteiger partial charge on any atom is -0.170 e. The van der Waals surface area contributed by atoms with Gasteiger partial charge in [-0.25, -0.2) is 0 Å². The Morgan fingerprint density at radius 1 is 0.852 bits per heavy atom. The van der Waals surface area contributed by atoms with Crippen LogP contribution >= 0.6 is 11.6 Å². The summed E-state index contributed by atoms with van der Waals surface area (Å²) in [7, 11) is 0. The van der Waals surface area contributed by atoms with Crippen LogP contribution in [-0.4, -0.2) is 6.18 Å². The van der Waals surface area contributed by atoms with Gasteiger partial charge in [0.15, 0.2) is 0 Å². The minimum absolute atomic E-state index is 0.0102. The summed E-state index contributed by atoms with van der Waals surface area (Å²) >= 11 is 6.01. The molecule has 0 aliphatic heterocycles. The highest BCUT2D eigenvalue weighted by molar-refractivity contribution is 6.32. The predicted octanol–water partition coefficient (Wildman–Crippen LogP) is 7.64. The van der Waals surface area contributed by atoms with Gasteiger partial charge in [0.2, 0.25) is 0 Å². The first kappa shape index (κ1) is 21.4. The molecular formula is C20H17ClF6. The van der Waals surface area contributed by atoms with Crippen LogP contribution in [0.5, 0.6) is 0 Å². The van der Waals surface area contributed by atoms with Crippen LogP contribution in [0.25, 0.3) is 6.08 Å². The average molecular weight is 407 g/mol. The summed E-state index contributed by atoms with van der Waals surface area (Å²) in [5.74, 6) is -1.96. The van der Waals surface area contributed by atoms with Gasteiger partial charge in [0, 0.05) is 5.02 Å².